The maximum atomic E-state index is 13.3. The molecule has 0 spiro atoms. The van der Waals surface area contributed by atoms with Crippen molar-refractivity contribution in [2.24, 2.45) is 0 Å². The van der Waals surface area contributed by atoms with E-state index in [-0.39, 0.29) is 5.82 Å². The number of ether oxygens (including phenoxy) is 1. The standard InChI is InChI=1S/C10H9FN2O/c1-14-8-6-12-13(7-8)10-5-3-2-4-9(10)11/h2-7H,1H3. The topological polar surface area (TPSA) is 27.1 Å². The summed E-state index contributed by atoms with van der Waals surface area (Å²) in [6, 6.07) is 6.44. The van der Waals surface area contributed by atoms with Crippen LogP contribution >= 0.6 is 0 Å². The number of para-hydroxylation sites is 1. The summed E-state index contributed by atoms with van der Waals surface area (Å²) in [6.07, 6.45) is 3.16. The minimum Gasteiger partial charge on any atom is -0.493 e. The van der Waals surface area contributed by atoms with Crippen molar-refractivity contribution in [2.45, 2.75) is 0 Å². The number of methoxy groups -OCH3 is 1. The van der Waals surface area contributed by atoms with Crippen molar-refractivity contribution < 1.29 is 9.13 Å². The van der Waals surface area contributed by atoms with Crippen LogP contribution in [0.4, 0.5) is 4.39 Å². The molecule has 1 aromatic heterocycles. The second kappa shape index (κ2) is 3.49. The zero-order chi connectivity index (χ0) is 9.97. The Bertz CT molecular complexity index is 439. The van der Waals surface area contributed by atoms with Crippen LogP contribution in [0.5, 0.6) is 5.75 Å². The van der Waals surface area contributed by atoms with Crippen molar-refractivity contribution in [3.05, 3.63) is 42.5 Å². The van der Waals surface area contributed by atoms with Crippen molar-refractivity contribution in [1.29, 1.82) is 0 Å². The predicted octanol–water partition coefficient (Wildman–Crippen LogP) is 2.02. The molecule has 2 rings (SSSR count). The fourth-order valence-corrected chi connectivity index (χ4v) is 1.18. The molecule has 0 aliphatic carbocycles. The van der Waals surface area contributed by atoms with Gasteiger partial charge in [-0.3, -0.25) is 0 Å². The molecule has 1 aromatic carbocycles. The van der Waals surface area contributed by atoms with Crippen molar-refractivity contribution in [2.75, 3.05) is 7.11 Å². The van der Waals surface area contributed by atoms with E-state index in [1.54, 1.807) is 31.5 Å². The fourth-order valence-electron chi connectivity index (χ4n) is 1.18. The Balaban J connectivity index is 2.44. The van der Waals surface area contributed by atoms with Crippen LogP contribution in [0.3, 0.4) is 0 Å². The monoisotopic (exact) mass is 192 g/mol. The largest absolute Gasteiger partial charge is 0.493 e. The summed E-state index contributed by atoms with van der Waals surface area (Å²) in [7, 11) is 1.54. The zero-order valence-electron chi connectivity index (χ0n) is 7.64. The summed E-state index contributed by atoms with van der Waals surface area (Å²) in [5.41, 5.74) is 0.413. The first-order valence-corrected chi connectivity index (χ1v) is 4.15. The molecule has 14 heavy (non-hydrogen) atoms. The maximum absolute atomic E-state index is 13.3. The molecule has 0 saturated heterocycles. The van der Waals surface area contributed by atoms with Crippen LogP contribution in [0, 0.1) is 5.82 Å². The van der Waals surface area contributed by atoms with Crippen molar-refractivity contribution in [3.63, 3.8) is 0 Å². The number of halogens is 1. The number of benzene rings is 1. The van der Waals surface area contributed by atoms with Gasteiger partial charge in [0.05, 0.1) is 19.5 Å². The number of nitrogens with zero attached hydrogens (tertiary/aromatic N) is 2. The van der Waals surface area contributed by atoms with E-state index in [4.69, 9.17) is 4.74 Å². The second-order valence-corrected chi connectivity index (χ2v) is 2.78. The molecule has 4 heteroatoms. The zero-order valence-corrected chi connectivity index (χ0v) is 7.64. The smallest absolute Gasteiger partial charge is 0.157 e. The van der Waals surface area contributed by atoms with Gasteiger partial charge in [0, 0.05) is 0 Å². The molecule has 0 atom stereocenters. The molecule has 3 nitrogen and oxygen atoms in total. The Morgan fingerprint density at radius 3 is 2.79 bits per heavy atom. The van der Waals surface area contributed by atoms with Gasteiger partial charge in [0.15, 0.2) is 5.75 Å². The van der Waals surface area contributed by atoms with Gasteiger partial charge in [-0.05, 0) is 12.1 Å². The van der Waals surface area contributed by atoms with Gasteiger partial charge < -0.3 is 4.74 Å². The number of aromatic nitrogens is 2. The van der Waals surface area contributed by atoms with E-state index in [2.05, 4.69) is 5.10 Å². The maximum Gasteiger partial charge on any atom is 0.157 e. The average molecular weight is 192 g/mol. The van der Waals surface area contributed by atoms with Crippen LogP contribution in [0.1, 0.15) is 0 Å². The van der Waals surface area contributed by atoms with Gasteiger partial charge in [0.1, 0.15) is 11.5 Å². The van der Waals surface area contributed by atoms with E-state index in [0.29, 0.717) is 11.4 Å². The van der Waals surface area contributed by atoms with Crippen LogP contribution in [-0.2, 0) is 0 Å². The summed E-state index contributed by atoms with van der Waals surface area (Å²) in [4.78, 5) is 0. The summed E-state index contributed by atoms with van der Waals surface area (Å²) in [6.45, 7) is 0. The quantitative estimate of drug-likeness (QED) is 0.727. The highest BCUT2D eigenvalue weighted by molar-refractivity contribution is 5.33. The molecular weight excluding hydrogens is 183 g/mol. The van der Waals surface area contributed by atoms with E-state index in [9.17, 15) is 4.39 Å². The minimum atomic E-state index is -0.307. The Morgan fingerprint density at radius 1 is 1.36 bits per heavy atom. The van der Waals surface area contributed by atoms with Crippen LogP contribution in [0.2, 0.25) is 0 Å². The molecule has 0 radical (unpaired) electrons. The molecule has 2 aromatic rings. The summed E-state index contributed by atoms with van der Waals surface area (Å²) in [5, 5.41) is 3.97. The van der Waals surface area contributed by atoms with Crippen molar-refractivity contribution in [3.8, 4) is 11.4 Å². The van der Waals surface area contributed by atoms with Gasteiger partial charge in [-0.2, -0.15) is 5.10 Å². The Morgan fingerprint density at radius 2 is 2.14 bits per heavy atom. The lowest BCUT2D eigenvalue weighted by molar-refractivity contribution is 0.414. The highest BCUT2D eigenvalue weighted by Crippen LogP contribution is 2.15. The third-order valence-corrected chi connectivity index (χ3v) is 1.89. The molecular formula is C10H9FN2O. The van der Waals surface area contributed by atoms with E-state index < -0.39 is 0 Å². The molecule has 0 saturated carbocycles. The molecule has 0 aliphatic rings. The minimum absolute atomic E-state index is 0.307. The molecule has 72 valence electrons. The first kappa shape index (κ1) is 8.74. The van der Waals surface area contributed by atoms with E-state index >= 15 is 0 Å². The Hall–Kier alpha value is -1.84. The van der Waals surface area contributed by atoms with Gasteiger partial charge >= 0.3 is 0 Å². The molecule has 0 N–H and O–H groups in total. The molecule has 0 aliphatic heterocycles. The predicted molar refractivity (Wildman–Crippen MR) is 50.1 cm³/mol. The third-order valence-electron chi connectivity index (χ3n) is 1.89. The summed E-state index contributed by atoms with van der Waals surface area (Å²) < 4.78 is 19.7. The molecule has 0 amide bonds. The second-order valence-electron chi connectivity index (χ2n) is 2.78. The van der Waals surface area contributed by atoms with Crippen molar-refractivity contribution in [1.82, 2.24) is 9.78 Å². The number of hydrogen-bond donors (Lipinski definition) is 0. The average Bonchev–Trinajstić information content (AvgIpc) is 2.67. The Labute approximate surface area is 80.7 Å². The number of rotatable bonds is 2. The first-order chi connectivity index (χ1) is 6.81. The van der Waals surface area contributed by atoms with E-state index in [1.165, 1.54) is 16.9 Å². The van der Waals surface area contributed by atoms with Crippen LogP contribution in [0.15, 0.2) is 36.7 Å². The van der Waals surface area contributed by atoms with E-state index in [1.807, 2.05) is 0 Å². The Kier molecular flexibility index (Phi) is 2.18. The van der Waals surface area contributed by atoms with Crippen LogP contribution < -0.4 is 4.74 Å². The number of hydrogen-bond acceptors (Lipinski definition) is 2. The third kappa shape index (κ3) is 1.46. The molecule has 1 heterocycles. The summed E-state index contributed by atoms with van der Waals surface area (Å²) >= 11 is 0. The molecule has 0 unspecified atom stereocenters. The first-order valence-electron chi connectivity index (χ1n) is 4.15. The normalized spacial score (nSPS) is 10.1. The summed E-state index contributed by atoms with van der Waals surface area (Å²) in [5.74, 6) is 0.298. The van der Waals surface area contributed by atoms with Gasteiger partial charge in [-0.25, -0.2) is 9.07 Å². The lowest BCUT2D eigenvalue weighted by atomic mass is 10.3. The lowest BCUT2D eigenvalue weighted by Crippen LogP contribution is -1.96. The molecule has 0 fully saturated rings. The highest BCUT2D eigenvalue weighted by Gasteiger charge is 2.04. The molecule has 0 bridgehead atoms. The highest BCUT2D eigenvalue weighted by atomic mass is 19.1. The van der Waals surface area contributed by atoms with Gasteiger partial charge in [0.2, 0.25) is 0 Å². The van der Waals surface area contributed by atoms with Crippen LogP contribution in [-0.4, -0.2) is 16.9 Å². The fraction of sp³-hybridized carbons (Fsp3) is 0.100. The van der Waals surface area contributed by atoms with Gasteiger partial charge in [-0.15, -0.1) is 0 Å². The van der Waals surface area contributed by atoms with Gasteiger partial charge in [0.25, 0.3) is 0 Å². The lowest BCUT2D eigenvalue weighted by Gasteiger charge is -2.01. The van der Waals surface area contributed by atoms with Gasteiger partial charge in [-0.1, -0.05) is 12.1 Å². The SMILES string of the molecule is COc1cnn(-c2ccccc2F)c1. The van der Waals surface area contributed by atoms with Crippen molar-refractivity contribution >= 4 is 0 Å². The van der Waals surface area contributed by atoms with Crippen LogP contribution in [0.25, 0.3) is 5.69 Å². The van der Waals surface area contributed by atoms with E-state index in [0.717, 1.165) is 0 Å².